The van der Waals surface area contributed by atoms with Crippen LogP contribution in [-0.2, 0) is 5.41 Å². The van der Waals surface area contributed by atoms with Gasteiger partial charge in [0, 0.05) is 17.5 Å². The summed E-state index contributed by atoms with van der Waals surface area (Å²) >= 11 is 5.44. The third-order valence-corrected chi connectivity index (χ3v) is 6.85. The number of nitro groups is 1. The van der Waals surface area contributed by atoms with E-state index in [9.17, 15) is 10.1 Å². The normalized spacial score (nSPS) is 31.6. The number of rotatable bonds is 4. The molecule has 4 bridgehead atoms. The second kappa shape index (κ2) is 6.09. The second-order valence-electron chi connectivity index (χ2n) is 8.46. The molecule has 4 aliphatic carbocycles. The zero-order valence-corrected chi connectivity index (χ0v) is 15.7. The molecule has 1 aromatic carbocycles. The summed E-state index contributed by atoms with van der Waals surface area (Å²) in [5.41, 5.74) is 0.955. The Morgan fingerprint density at radius 2 is 1.78 bits per heavy atom. The fourth-order valence-corrected chi connectivity index (χ4v) is 6.11. The third-order valence-electron chi connectivity index (χ3n) is 6.59. The Hall–Kier alpha value is -2.35. The summed E-state index contributed by atoms with van der Waals surface area (Å²) in [6.07, 6.45) is 9.37. The Morgan fingerprint density at radius 3 is 2.33 bits per heavy atom. The van der Waals surface area contributed by atoms with Crippen LogP contribution in [0.3, 0.4) is 0 Å². The van der Waals surface area contributed by atoms with E-state index in [4.69, 9.17) is 12.2 Å². The van der Waals surface area contributed by atoms with Gasteiger partial charge >= 0.3 is 0 Å². The fraction of sp³-hybridized carbons (Fsp3) is 0.526. The lowest BCUT2D eigenvalue weighted by atomic mass is 9.49. The van der Waals surface area contributed by atoms with E-state index in [-0.39, 0.29) is 11.1 Å². The Morgan fingerprint density at radius 1 is 1.19 bits per heavy atom. The topological polar surface area (TPSA) is 89.1 Å². The van der Waals surface area contributed by atoms with Crippen molar-refractivity contribution < 1.29 is 4.92 Å². The molecule has 140 valence electrons. The van der Waals surface area contributed by atoms with Crippen molar-refractivity contribution in [3.63, 3.8) is 0 Å². The van der Waals surface area contributed by atoms with Crippen LogP contribution in [0.25, 0.3) is 0 Å². The highest BCUT2D eigenvalue weighted by molar-refractivity contribution is 7.71. The number of benzene rings is 1. The van der Waals surface area contributed by atoms with Crippen LogP contribution in [0.1, 0.15) is 49.9 Å². The lowest BCUT2D eigenvalue weighted by Crippen LogP contribution is -2.49. The van der Waals surface area contributed by atoms with E-state index in [1.807, 2.05) is 0 Å². The van der Waals surface area contributed by atoms with Crippen LogP contribution < -0.4 is 0 Å². The van der Waals surface area contributed by atoms with Crippen LogP contribution in [0, 0.1) is 32.6 Å². The molecule has 0 amide bonds. The van der Waals surface area contributed by atoms with Gasteiger partial charge in [-0.05, 0) is 86.2 Å². The maximum absolute atomic E-state index is 10.8. The average molecular weight is 383 g/mol. The Kier molecular flexibility index (Phi) is 3.79. The monoisotopic (exact) mass is 383 g/mol. The molecule has 8 heteroatoms. The minimum absolute atomic E-state index is 0.0707. The highest BCUT2D eigenvalue weighted by atomic mass is 32.1. The van der Waals surface area contributed by atoms with Crippen molar-refractivity contribution in [2.45, 2.75) is 43.9 Å². The van der Waals surface area contributed by atoms with Crippen molar-refractivity contribution in [2.24, 2.45) is 22.9 Å². The van der Waals surface area contributed by atoms with Gasteiger partial charge in [-0.2, -0.15) is 14.9 Å². The SMILES string of the molecule is O=[N+]([O-])c1ccc(/C=N/n2c(C34CC5CC(CC(C5)C3)C4)n[nH]c2=S)cc1. The number of hydrogen-bond donors (Lipinski definition) is 1. The van der Waals surface area contributed by atoms with E-state index in [1.165, 1.54) is 50.7 Å². The highest BCUT2D eigenvalue weighted by Gasteiger charge is 2.53. The van der Waals surface area contributed by atoms with Crippen molar-refractivity contribution >= 4 is 24.1 Å². The van der Waals surface area contributed by atoms with Gasteiger partial charge in [-0.3, -0.25) is 15.2 Å². The van der Waals surface area contributed by atoms with Crippen molar-refractivity contribution in [2.75, 3.05) is 0 Å². The standard InChI is InChI=1S/C19H21N5O2S/c25-24(26)16-3-1-12(2-4-16)11-20-23-17(21-22-18(23)27)19-8-13-5-14(9-19)7-15(6-13)10-19/h1-4,11,13-15H,5-10H2,(H,22,27)/b20-11+. The first kappa shape index (κ1) is 16.8. The molecule has 4 aliphatic rings. The minimum atomic E-state index is -0.405. The molecule has 1 heterocycles. The van der Waals surface area contributed by atoms with Crippen LogP contribution in [0.4, 0.5) is 5.69 Å². The first-order valence-corrected chi connectivity index (χ1v) is 9.90. The van der Waals surface area contributed by atoms with E-state index >= 15 is 0 Å². The lowest BCUT2D eigenvalue weighted by Gasteiger charge is -2.55. The van der Waals surface area contributed by atoms with Gasteiger partial charge in [0.25, 0.3) is 5.69 Å². The van der Waals surface area contributed by atoms with Crippen molar-refractivity contribution in [3.05, 3.63) is 50.5 Å². The summed E-state index contributed by atoms with van der Waals surface area (Å²) in [5.74, 6) is 3.40. The van der Waals surface area contributed by atoms with Crippen LogP contribution in [-0.4, -0.2) is 26.0 Å². The largest absolute Gasteiger partial charge is 0.269 e. The molecule has 4 fully saturated rings. The molecule has 6 rings (SSSR count). The molecule has 1 N–H and O–H groups in total. The summed E-state index contributed by atoms with van der Waals surface area (Å²) in [6, 6.07) is 6.34. The lowest BCUT2D eigenvalue weighted by molar-refractivity contribution is -0.384. The number of non-ortho nitro benzene ring substituents is 1. The number of H-pyrrole nitrogens is 1. The molecule has 27 heavy (non-hydrogen) atoms. The molecule has 0 radical (unpaired) electrons. The average Bonchev–Trinajstić information content (AvgIpc) is 3.00. The summed E-state index contributed by atoms with van der Waals surface area (Å²) in [4.78, 5) is 10.4. The second-order valence-corrected chi connectivity index (χ2v) is 8.84. The number of nitrogens with zero attached hydrogens (tertiary/aromatic N) is 4. The maximum Gasteiger partial charge on any atom is 0.269 e. The third kappa shape index (κ3) is 2.82. The number of nitro benzene ring substituents is 1. The van der Waals surface area contributed by atoms with E-state index in [1.54, 1.807) is 23.0 Å². The van der Waals surface area contributed by atoms with Crippen molar-refractivity contribution in [3.8, 4) is 0 Å². The number of aromatic nitrogens is 3. The van der Waals surface area contributed by atoms with E-state index in [0.717, 1.165) is 29.1 Å². The van der Waals surface area contributed by atoms with Gasteiger partial charge < -0.3 is 0 Å². The smallest absolute Gasteiger partial charge is 0.258 e. The summed E-state index contributed by atoms with van der Waals surface area (Å²) < 4.78 is 2.27. The summed E-state index contributed by atoms with van der Waals surface area (Å²) in [6.45, 7) is 0. The number of hydrogen-bond acceptors (Lipinski definition) is 5. The van der Waals surface area contributed by atoms with Gasteiger partial charge in [-0.15, -0.1) is 0 Å². The van der Waals surface area contributed by atoms with Gasteiger partial charge in [0.05, 0.1) is 11.1 Å². The molecule has 0 atom stereocenters. The number of nitrogens with one attached hydrogen (secondary N) is 1. The first-order valence-electron chi connectivity index (χ1n) is 9.49. The molecule has 0 spiro atoms. The van der Waals surface area contributed by atoms with Gasteiger partial charge in [-0.25, -0.2) is 0 Å². The van der Waals surface area contributed by atoms with Gasteiger partial charge in [0.2, 0.25) is 4.77 Å². The van der Waals surface area contributed by atoms with Crippen LogP contribution in [0.2, 0.25) is 0 Å². The number of aromatic amines is 1. The van der Waals surface area contributed by atoms with Crippen molar-refractivity contribution in [1.29, 1.82) is 0 Å². The van der Waals surface area contributed by atoms with E-state index in [2.05, 4.69) is 15.3 Å². The predicted molar refractivity (Wildman–Crippen MR) is 103 cm³/mol. The van der Waals surface area contributed by atoms with Gasteiger partial charge in [0.15, 0.2) is 5.82 Å². The molecular formula is C19H21N5O2S. The van der Waals surface area contributed by atoms with E-state index in [0.29, 0.717) is 4.77 Å². The predicted octanol–water partition coefficient (Wildman–Crippen LogP) is 4.20. The van der Waals surface area contributed by atoms with Gasteiger partial charge in [-0.1, -0.05) is 0 Å². The van der Waals surface area contributed by atoms with E-state index < -0.39 is 4.92 Å². The Balaban J connectivity index is 1.47. The fourth-order valence-electron chi connectivity index (χ4n) is 5.93. The zero-order chi connectivity index (χ0) is 18.6. The van der Waals surface area contributed by atoms with Gasteiger partial charge in [0.1, 0.15) is 0 Å². The van der Waals surface area contributed by atoms with Crippen LogP contribution in [0.5, 0.6) is 0 Å². The van der Waals surface area contributed by atoms with Crippen LogP contribution in [0.15, 0.2) is 29.4 Å². The molecule has 1 aromatic heterocycles. The zero-order valence-electron chi connectivity index (χ0n) is 14.9. The minimum Gasteiger partial charge on any atom is -0.258 e. The molecule has 7 nitrogen and oxygen atoms in total. The molecule has 2 aromatic rings. The molecule has 0 unspecified atom stereocenters. The molecule has 4 saturated carbocycles. The maximum atomic E-state index is 10.8. The molecular weight excluding hydrogens is 362 g/mol. The summed E-state index contributed by atoms with van der Waals surface area (Å²) in [7, 11) is 0. The highest BCUT2D eigenvalue weighted by Crippen LogP contribution is 2.60. The molecule has 0 saturated heterocycles. The summed E-state index contributed by atoms with van der Waals surface area (Å²) in [5, 5.41) is 22.9. The van der Waals surface area contributed by atoms with Crippen molar-refractivity contribution in [1.82, 2.24) is 14.9 Å². The molecule has 0 aliphatic heterocycles. The first-order chi connectivity index (χ1) is 13.0. The van der Waals surface area contributed by atoms with Crippen LogP contribution >= 0.6 is 12.2 Å². The quantitative estimate of drug-likeness (QED) is 0.371. The Labute approximate surface area is 161 Å². The Bertz CT molecular complexity index is 939.